The monoisotopic (exact) mass is 212 g/mol. The fraction of sp³-hybridized carbons (Fsp3) is 0.455. The van der Waals surface area contributed by atoms with Gasteiger partial charge in [0.25, 0.3) is 0 Å². The van der Waals surface area contributed by atoms with Crippen molar-refractivity contribution in [3.8, 4) is 11.5 Å². The van der Waals surface area contributed by atoms with Crippen molar-refractivity contribution in [1.29, 1.82) is 0 Å². The van der Waals surface area contributed by atoms with Crippen molar-refractivity contribution < 1.29 is 19.3 Å². The molecule has 1 rings (SSSR count). The molecular weight excluding hydrogens is 196 g/mol. The molecule has 0 bridgehead atoms. The SMILES string of the molecule is COCCOc1cc(CO)ccc1OC. The van der Waals surface area contributed by atoms with E-state index >= 15 is 0 Å². The predicted molar refractivity (Wildman–Crippen MR) is 56.3 cm³/mol. The topological polar surface area (TPSA) is 47.9 Å². The van der Waals surface area contributed by atoms with Crippen LogP contribution in [0.2, 0.25) is 0 Å². The van der Waals surface area contributed by atoms with E-state index < -0.39 is 0 Å². The van der Waals surface area contributed by atoms with Gasteiger partial charge in [-0.3, -0.25) is 0 Å². The number of hydrogen-bond acceptors (Lipinski definition) is 4. The first-order valence-corrected chi connectivity index (χ1v) is 4.71. The van der Waals surface area contributed by atoms with Gasteiger partial charge in [-0.1, -0.05) is 6.07 Å². The summed E-state index contributed by atoms with van der Waals surface area (Å²) in [7, 11) is 3.20. The van der Waals surface area contributed by atoms with Crippen LogP contribution in [0, 0.1) is 0 Å². The molecule has 1 aromatic carbocycles. The second kappa shape index (κ2) is 6.27. The number of benzene rings is 1. The Bertz CT molecular complexity index is 299. The van der Waals surface area contributed by atoms with Gasteiger partial charge in [-0.2, -0.15) is 0 Å². The minimum atomic E-state index is -0.00929. The molecule has 1 N–H and O–H groups in total. The molecule has 0 aliphatic heterocycles. The molecule has 0 fully saturated rings. The van der Waals surface area contributed by atoms with Gasteiger partial charge in [0, 0.05) is 7.11 Å². The van der Waals surface area contributed by atoms with E-state index in [1.54, 1.807) is 32.4 Å². The Labute approximate surface area is 89.4 Å². The van der Waals surface area contributed by atoms with Crippen LogP contribution in [0.1, 0.15) is 5.56 Å². The van der Waals surface area contributed by atoms with E-state index in [1.807, 2.05) is 0 Å². The Balaban J connectivity index is 2.72. The Kier molecular flexibility index (Phi) is 4.93. The highest BCUT2D eigenvalue weighted by Crippen LogP contribution is 2.27. The van der Waals surface area contributed by atoms with Crippen LogP contribution in [-0.4, -0.2) is 32.5 Å². The van der Waals surface area contributed by atoms with Crippen LogP contribution < -0.4 is 9.47 Å². The molecule has 0 amide bonds. The fourth-order valence-electron chi connectivity index (χ4n) is 1.17. The summed E-state index contributed by atoms with van der Waals surface area (Å²) in [5.74, 6) is 1.28. The molecule has 0 radical (unpaired) electrons. The smallest absolute Gasteiger partial charge is 0.161 e. The van der Waals surface area contributed by atoms with Gasteiger partial charge in [0.05, 0.1) is 20.3 Å². The van der Waals surface area contributed by atoms with Gasteiger partial charge < -0.3 is 19.3 Å². The Morgan fingerprint density at radius 3 is 2.53 bits per heavy atom. The number of methoxy groups -OCH3 is 2. The molecule has 0 saturated carbocycles. The first kappa shape index (κ1) is 11.8. The lowest BCUT2D eigenvalue weighted by molar-refractivity contribution is 0.144. The average Bonchev–Trinajstić information content (AvgIpc) is 2.29. The first-order valence-electron chi connectivity index (χ1n) is 4.71. The van der Waals surface area contributed by atoms with E-state index in [0.29, 0.717) is 24.7 Å². The van der Waals surface area contributed by atoms with Crippen molar-refractivity contribution in [3.63, 3.8) is 0 Å². The van der Waals surface area contributed by atoms with Crippen molar-refractivity contribution >= 4 is 0 Å². The highest BCUT2D eigenvalue weighted by molar-refractivity contribution is 5.42. The molecule has 0 aromatic heterocycles. The van der Waals surface area contributed by atoms with Crippen LogP contribution >= 0.6 is 0 Å². The van der Waals surface area contributed by atoms with E-state index in [4.69, 9.17) is 19.3 Å². The molecule has 15 heavy (non-hydrogen) atoms. The van der Waals surface area contributed by atoms with Gasteiger partial charge in [0.1, 0.15) is 6.61 Å². The molecule has 0 spiro atoms. The van der Waals surface area contributed by atoms with E-state index in [-0.39, 0.29) is 6.61 Å². The van der Waals surface area contributed by atoms with Gasteiger partial charge in [0.2, 0.25) is 0 Å². The van der Waals surface area contributed by atoms with E-state index in [0.717, 1.165) is 5.56 Å². The zero-order valence-corrected chi connectivity index (χ0v) is 9.03. The summed E-state index contributed by atoms with van der Waals surface area (Å²) in [4.78, 5) is 0. The second-order valence-corrected chi connectivity index (χ2v) is 2.98. The fourth-order valence-corrected chi connectivity index (χ4v) is 1.17. The molecular formula is C11H16O4. The van der Waals surface area contributed by atoms with Crippen molar-refractivity contribution in [2.75, 3.05) is 27.4 Å². The molecule has 1 aromatic rings. The molecule has 84 valence electrons. The summed E-state index contributed by atoms with van der Waals surface area (Å²) in [6.45, 7) is 0.971. The largest absolute Gasteiger partial charge is 0.493 e. The summed E-state index contributed by atoms with van der Waals surface area (Å²) in [5.41, 5.74) is 0.795. The average molecular weight is 212 g/mol. The normalized spacial score (nSPS) is 10.1. The van der Waals surface area contributed by atoms with Crippen LogP contribution in [0.4, 0.5) is 0 Å². The maximum atomic E-state index is 8.98. The third-order valence-electron chi connectivity index (χ3n) is 1.96. The predicted octanol–water partition coefficient (Wildman–Crippen LogP) is 1.21. The Morgan fingerprint density at radius 1 is 1.13 bits per heavy atom. The number of hydrogen-bond donors (Lipinski definition) is 1. The first-order chi connectivity index (χ1) is 7.31. The third kappa shape index (κ3) is 3.42. The molecule has 4 nitrogen and oxygen atoms in total. The summed E-state index contributed by atoms with van der Waals surface area (Å²) in [5, 5.41) is 8.98. The van der Waals surface area contributed by atoms with E-state index in [2.05, 4.69) is 0 Å². The van der Waals surface area contributed by atoms with Gasteiger partial charge in [-0.05, 0) is 17.7 Å². The van der Waals surface area contributed by atoms with Crippen LogP contribution in [0.25, 0.3) is 0 Å². The second-order valence-electron chi connectivity index (χ2n) is 2.98. The number of aliphatic hydroxyl groups is 1. The highest BCUT2D eigenvalue weighted by Gasteiger charge is 2.04. The quantitative estimate of drug-likeness (QED) is 0.720. The lowest BCUT2D eigenvalue weighted by atomic mass is 10.2. The summed E-state index contributed by atoms with van der Waals surface area (Å²) in [6.07, 6.45) is 0. The zero-order chi connectivity index (χ0) is 11.1. The minimum absolute atomic E-state index is 0.00929. The number of rotatable bonds is 6. The standard InChI is InChI=1S/C11H16O4/c1-13-5-6-15-11-7-9(8-12)3-4-10(11)14-2/h3-4,7,12H,5-6,8H2,1-2H3. The Hall–Kier alpha value is -1.26. The maximum Gasteiger partial charge on any atom is 0.161 e. The summed E-state index contributed by atoms with van der Waals surface area (Å²) < 4.78 is 15.5. The van der Waals surface area contributed by atoms with Gasteiger partial charge in [-0.25, -0.2) is 0 Å². The minimum Gasteiger partial charge on any atom is -0.493 e. The molecule has 0 saturated heterocycles. The molecule has 4 heteroatoms. The van der Waals surface area contributed by atoms with Crippen LogP contribution in [0.15, 0.2) is 18.2 Å². The van der Waals surface area contributed by atoms with Crippen molar-refractivity contribution in [1.82, 2.24) is 0 Å². The van der Waals surface area contributed by atoms with Crippen molar-refractivity contribution in [3.05, 3.63) is 23.8 Å². The van der Waals surface area contributed by atoms with Crippen LogP contribution in [0.3, 0.4) is 0 Å². The van der Waals surface area contributed by atoms with Gasteiger partial charge in [-0.15, -0.1) is 0 Å². The Morgan fingerprint density at radius 2 is 1.93 bits per heavy atom. The lowest BCUT2D eigenvalue weighted by Crippen LogP contribution is -2.05. The summed E-state index contributed by atoms with van der Waals surface area (Å²) >= 11 is 0. The van der Waals surface area contributed by atoms with Crippen LogP contribution in [0.5, 0.6) is 11.5 Å². The molecule has 0 heterocycles. The zero-order valence-electron chi connectivity index (χ0n) is 9.03. The van der Waals surface area contributed by atoms with E-state index in [9.17, 15) is 0 Å². The molecule has 0 aliphatic carbocycles. The van der Waals surface area contributed by atoms with Gasteiger partial charge >= 0.3 is 0 Å². The number of ether oxygens (including phenoxy) is 3. The molecule has 0 atom stereocenters. The van der Waals surface area contributed by atoms with Crippen LogP contribution in [-0.2, 0) is 11.3 Å². The highest BCUT2D eigenvalue weighted by atomic mass is 16.5. The van der Waals surface area contributed by atoms with E-state index in [1.165, 1.54) is 0 Å². The lowest BCUT2D eigenvalue weighted by Gasteiger charge is -2.11. The summed E-state index contributed by atoms with van der Waals surface area (Å²) in [6, 6.07) is 5.32. The number of aliphatic hydroxyl groups excluding tert-OH is 1. The molecule has 0 unspecified atom stereocenters. The maximum absolute atomic E-state index is 8.98. The van der Waals surface area contributed by atoms with Gasteiger partial charge in [0.15, 0.2) is 11.5 Å². The van der Waals surface area contributed by atoms with Crippen molar-refractivity contribution in [2.45, 2.75) is 6.61 Å². The third-order valence-corrected chi connectivity index (χ3v) is 1.96. The van der Waals surface area contributed by atoms with Crippen molar-refractivity contribution in [2.24, 2.45) is 0 Å². The molecule has 0 aliphatic rings.